The van der Waals surface area contributed by atoms with E-state index < -0.39 is 17.7 Å². The molecule has 0 aliphatic carbocycles. The van der Waals surface area contributed by atoms with E-state index in [1.165, 1.54) is 6.07 Å². The molecule has 0 bridgehead atoms. The molecule has 17 heavy (non-hydrogen) atoms. The largest absolute Gasteiger partial charge is 0.334 e. The van der Waals surface area contributed by atoms with Crippen molar-refractivity contribution in [1.82, 2.24) is 9.55 Å². The Bertz CT molecular complexity index is 522. The Morgan fingerprint density at radius 1 is 1.35 bits per heavy atom. The van der Waals surface area contributed by atoms with Crippen molar-refractivity contribution in [1.29, 1.82) is 0 Å². The monoisotopic (exact) mass is 237 g/mol. The van der Waals surface area contributed by atoms with E-state index in [0.29, 0.717) is 11.4 Å². The summed E-state index contributed by atoms with van der Waals surface area (Å²) in [4.78, 5) is 4.14. The van der Waals surface area contributed by atoms with Crippen molar-refractivity contribution in [3.63, 3.8) is 0 Å². The van der Waals surface area contributed by atoms with Crippen LogP contribution >= 0.6 is 0 Å². The van der Waals surface area contributed by atoms with E-state index in [9.17, 15) is 8.78 Å². The fraction of sp³-hybridized carbons (Fsp3) is 0.250. The summed E-state index contributed by atoms with van der Waals surface area (Å²) in [7, 11) is 0. The van der Waals surface area contributed by atoms with Gasteiger partial charge in [-0.15, -0.1) is 0 Å². The number of hydrogen-bond donors (Lipinski definition) is 1. The highest BCUT2D eigenvalue weighted by atomic mass is 19.2. The van der Waals surface area contributed by atoms with Gasteiger partial charge in [-0.2, -0.15) is 0 Å². The van der Waals surface area contributed by atoms with Crippen molar-refractivity contribution in [2.45, 2.75) is 19.5 Å². The second kappa shape index (κ2) is 4.63. The molecule has 0 saturated carbocycles. The molecule has 90 valence electrons. The average molecular weight is 237 g/mol. The molecule has 5 heteroatoms. The van der Waals surface area contributed by atoms with Crippen LogP contribution in [0.5, 0.6) is 0 Å². The van der Waals surface area contributed by atoms with Gasteiger partial charge in [-0.1, -0.05) is 6.07 Å². The van der Waals surface area contributed by atoms with Crippen LogP contribution in [0.3, 0.4) is 0 Å². The molecule has 2 N–H and O–H groups in total. The minimum Gasteiger partial charge on any atom is -0.334 e. The van der Waals surface area contributed by atoms with Gasteiger partial charge in [0.15, 0.2) is 11.6 Å². The van der Waals surface area contributed by atoms with Crippen LogP contribution in [-0.2, 0) is 6.54 Å². The molecule has 0 aliphatic heterocycles. The quantitative estimate of drug-likeness (QED) is 0.889. The fourth-order valence-corrected chi connectivity index (χ4v) is 1.72. The lowest BCUT2D eigenvalue weighted by molar-refractivity contribution is 0.505. The Morgan fingerprint density at radius 2 is 2.12 bits per heavy atom. The van der Waals surface area contributed by atoms with Crippen LogP contribution in [0.4, 0.5) is 8.78 Å². The number of nitrogens with zero attached hydrogens (tertiary/aromatic N) is 2. The highest BCUT2D eigenvalue weighted by Gasteiger charge is 2.15. The maximum atomic E-state index is 13.1. The van der Waals surface area contributed by atoms with Crippen molar-refractivity contribution >= 4 is 0 Å². The van der Waals surface area contributed by atoms with Gasteiger partial charge in [-0.25, -0.2) is 13.8 Å². The van der Waals surface area contributed by atoms with Gasteiger partial charge < -0.3 is 10.3 Å². The summed E-state index contributed by atoms with van der Waals surface area (Å²) in [6.45, 7) is 2.69. The third-order valence-corrected chi connectivity index (χ3v) is 2.67. The summed E-state index contributed by atoms with van der Waals surface area (Å²) in [5.74, 6) is -1.13. The zero-order valence-corrected chi connectivity index (χ0v) is 9.40. The van der Waals surface area contributed by atoms with E-state index in [1.807, 2.05) is 11.5 Å². The standard InChI is InChI=1S/C12H13F2N3/c1-2-17-6-5-16-12(17)11(15)8-3-4-9(13)10(14)7-8/h3-7,11H,2,15H2,1H3. The topological polar surface area (TPSA) is 43.8 Å². The number of aromatic nitrogens is 2. The van der Waals surface area contributed by atoms with Crippen LogP contribution in [0.15, 0.2) is 30.6 Å². The molecule has 3 nitrogen and oxygen atoms in total. The lowest BCUT2D eigenvalue weighted by Gasteiger charge is -2.13. The minimum absolute atomic E-state index is 0.504. The number of imidazole rings is 1. The highest BCUT2D eigenvalue weighted by molar-refractivity contribution is 5.26. The van der Waals surface area contributed by atoms with E-state index in [-0.39, 0.29) is 0 Å². The zero-order chi connectivity index (χ0) is 12.4. The first-order valence-corrected chi connectivity index (χ1v) is 5.35. The number of hydrogen-bond acceptors (Lipinski definition) is 2. The van der Waals surface area contributed by atoms with E-state index in [1.54, 1.807) is 12.4 Å². The first kappa shape index (κ1) is 11.7. The Balaban J connectivity index is 2.36. The van der Waals surface area contributed by atoms with Crippen LogP contribution in [0.25, 0.3) is 0 Å². The van der Waals surface area contributed by atoms with Crippen LogP contribution < -0.4 is 5.73 Å². The van der Waals surface area contributed by atoms with Crippen LogP contribution in [0, 0.1) is 11.6 Å². The van der Waals surface area contributed by atoms with Gasteiger partial charge in [-0.05, 0) is 24.6 Å². The van der Waals surface area contributed by atoms with Gasteiger partial charge >= 0.3 is 0 Å². The van der Waals surface area contributed by atoms with E-state index in [0.717, 1.165) is 18.7 Å². The van der Waals surface area contributed by atoms with Crippen LogP contribution in [0.1, 0.15) is 24.4 Å². The first-order chi connectivity index (χ1) is 8.13. The maximum absolute atomic E-state index is 13.1. The molecule has 0 radical (unpaired) electrons. The summed E-state index contributed by atoms with van der Waals surface area (Å²) in [6, 6.07) is 3.09. The fourth-order valence-electron chi connectivity index (χ4n) is 1.72. The van der Waals surface area contributed by atoms with Crippen molar-refractivity contribution in [2.75, 3.05) is 0 Å². The second-order valence-corrected chi connectivity index (χ2v) is 3.72. The second-order valence-electron chi connectivity index (χ2n) is 3.72. The molecule has 1 aromatic carbocycles. The number of aryl methyl sites for hydroxylation is 1. The molecular formula is C12H13F2N3. The summed E-state index contributed by atoms with van der Waals surface area (Å²) >= 11 is 0. The lowest BCUT2D eigenvalue weighted by atomic mass is 10.1. The molecular weight excluding hydrogens is 224 g/mol. The predicted octanol–water partition coefficient (Wildman–Crippen LogP) is 2.23. The van der Waals surface area contributed by atoms with Gasteiger partial charge in [0.2, 0.25) is 0 Å². The maximum Gasteiger partial charge on any atom is 0.159 e. The van der Waals surface area contributed by atoms with Gasteiger partial charge in [-0.3, -0.25) is 0 Å². The molecule has 0 saturated heterocycles. The zero-order valence-electron chi connectivity index (χ0n) is 9.40. The molecule has 0 amide bonds. The molecule has 0 spiro atoms. The van der Waals surface area contributed by atoms with Gasteiger partial charge in [0.05, 0.1) is 6.04 Å². The number of nitrogens with two attached hydrogens (primary N) is 1. The van der Waals surface area contributed by atoms with E-state index in [2.05, 4.69) is 4.98 Å². The Kier molecular flexibility index (Phi) is 3.19. The van der Waals surface area contributed by atoms with Crippen molar-refractivity contribution < 1.29 is 8.78 Å². The van der Waals surface area contributed by atoms with Gasteiger partial charge in [0.25, 0.3) is 0 Å². The lowest BCUT2D eigenvalue weighted by Crippen LogP contribution is -2.17. The molecule has 1 aromatic heterocycles. The van der Waals surface area contributed by atoms with Crippen molar-refractivity contribution in [2.24, 2.45) is 5.73 Å². The third-order valence-electron chi connectivity index (χ3n) is 2.67. The Hall–Kier alpha value is -1.75. The van der Waals surface area contributed by atoms with Crippen LogP contribution in [-0.4, -0.2) is 9.55 Å². The number of rotatable bonds is 3. The molecule has 1 unspecified atom stereocenters. The smallest absolute Gasteiger partial charge is 0.159 e. The number of halogens is 2. The summed E-state index contributed by atoms with van der Waals surface area (Å²) < 4.78 is 27.8. The average Bonchev–Trinajstić information content (AvgIpc) is 2.80. The molecule has 0 aliphatic rings. The normalized spacial score (nSPS) is 12.7. The highest BCUT2D eigenvalue weighted by Crippen LogP contribution is 2.20. The molecule has 2 aromatic rings. The van der Waals surface area contributed by atoms with Crippen molar-refractivity contribution in [3.8, 4) is 0 Å². The van der Waals surface area contributed by atoms with Gasteiger partial charge in [0.1, 0.15) is 5.82 Å². The summed E-state index contributed by atoms with van der Waals surface area (Å²) in [5.41, 5.74) is 6.49. The Labute approximate surface area is 97.9 Å². The Morgan fingerprint density at radius 3 is 2.76 bits per heavy atom. The molecule has 2 rings (SSSR count). The predicted molar refractivity (Wildman–Crippen MR) is 60.3 cm³/mol. The molecule has 0 fully saturated rings. The SMILES string of the molecule is CCn1ccnc1C(N)c1ccc(F)c(F)c1. The van der Waals surface area contributed by atoms with Crippen molar-refractivity contribution in [3.05, 3.63) is 53.6 Å². The summed E-state index contributed by atoms with van der Waals surface area (Å²) in [5, 5.41) is 0. The number of benzene rings is 1. The van der Waals surface area contributed by atoms with E-state index >= 15 is 0 Å². The van der Waals surface area contributed by atoms with Gasteiger partial charge in [0, 0.05) is 18.9 Å². The van der Waals surface area contributed by atoms with E-state index in [4.69, 9.17) is 5.73 Å². The van der Waals surface area contributed by atoms with Crippen LogP contribution in [0.2, 0.25) is 0 Å². The minimum atomic E-state index is -0.896. The first-order valence-electron chi connectivity index (χ1n) is 5.35. The third kappa shape index (κ3) is 2.19. The molecule has 1 heterocycles. The summed E-state index contributed by atoms with van der Waals surface area (Å²) in [6.07, 6.45) is 3.44. The molecule has 1 atom stereocenters.